The van der Waals surface area contributed by atoms with Gasteiger partial charge in [-0.2, -0.15) is 0 Å². The highest BCUT2D eigenvalue weighted by Gasteiger charge is 2.20. The van der Waals surface area contributed by atoms with Crippen LogP contribution in [0.25, 0.3) is 38.8 Å². The van der Waals surface area contributed by atoms with E-state index in [-0.39, 0.29) is 0 Å². The van der Waals surface area contributed by atoms with Gasteiger partial charge in [-0.3, -0.25) is 0 Å². The number of fused-ring (bicyclic) bond motifs is 2. The number of nitrogens with one attached hydrogen (secondary N) is 1. The Bertz CT molecular complexity index is 1360. The summed E-state index contributed by atoms with van der Waals surface area (Å²) in [7, 11) is 0. The lowest BCUT2D eigenvalue weighted by atomic mass is 10.0. The molecule has 1 aliphatic rings. The highest BCUT2D eigenvalue weighted by atomic mass is 35.5. The maximum atomic E-state index is 6.68. The van der Waals surface area contributed by atoms with Gasteiger partial charge in [0, 0.05) is 65.6 Å². The molecule has 34 heavy (non-hydrogen) atoms. The molecule has 4 aromatic rings. The van der Waals surface area contributed by atoms with Crippen molar-refractivity contribution in [2.24, 2.45) is 0 Å². The van der Waals surface area contributed by atoms with E-state index in [4.69, 9.17) is 16.6 Å². The molecule has 1 N–H and O–H groups in total. The summed E-state index contributed by atoms with van der Waals surface area (Å²) in [5, 5.41) is 2.83. The summed E-state index contributed by atoms with van der Waals surface area (Å²) in [6.45, 7) is 14.8. The number of allylic oxidation sites excluding steroid dienone is 1. The minimum atomic E-state index is 0.713. The first-order chi connectivity index (χ1) is 16.5. The topological polar surface area (TPSA) is 35.2 Å². The Morgan fingerprint density at radius 2 is 1.79 bits per heavy atom. The zero-order chi connectivity index (χ0) is 23.7. The summed E-state index contributed by atoms with van der Waals surface area (Å²) < 4.78 is 0. The predicted molar refractivity (Wildman–Crippen MR) is 145 cm³/mol. The molecule has 3 heterocycles. The smallest absolute Gasteiger partial charge is 0.0731 e. The van der Waals surface area contributed by atoms with Gasteiger partial charge in [-0.1, -0.05) is 56.3 Å². The number of piperazine rings is 1. The summed E-state index contributed by atoms with van der Waals surface area (Å²) in [5.41, 5.74) is 7.33. The Labute approximate surface area is 206 Å². The number of hydrogen-bond acceptors (Lipinski definition) is 3. The number of hydrogen-bond donors (Lipinski definition) is 1. The maximum absolute atomic E-state index is 6.68. The van der Waals surface area contributed by atoms with E-state index in [1.54, 1.807) is 0 Å². The predicted octanol–water partition coefficient (Wildman–Crippen LogP) is 7.33. The zero-order valence-corrected chi connectivity index (χ0v) is 20.5. The molecule has 0 spiro atoms. The van der Waals surface area contributed by atoms with E-state index in [2.05, 4.69) is 77.3 Å². The third-order valence-corrected chi connectivity index (χ3v) is 7.18. The molecule has 5 heteroatoms. The molecular weight excluding hydrogens is 440 g/mol. The van der Waals surface area contributed by atoms with Gasteiger partial charge in [0.05, 0.1) is 16.2 Å². The molecular formula is C29H31ClN4. The molecule has 0 bridgehead atoms. The zero-order valence-electron chi connectivity index (χ0n) is 19.8. The average Bonchev–Trinajstić information content (AvgIpc) is 3.34. The Balaban J connectivity index is 1.37. The van der Waals surface area contributed by atoms with Crippen molar-refractivity contribution in [3.63, 3.8) is 0 Å². The molecule has 5 rings (SSSR count). The molecule has 0 atom stereocenters. The van der Waals surface area contributed by atoms with Crippen LogP contribution < -0.4 is 0 Å². The van der Waals surface area contributed by atoms with Crippen LogP contribution in [0.2, 0.25) is 5.02 Å². The number of halogens is 1. The first kappa shape index (κ1) is 22.5. The van der Waals surface area contributed by atoms with E-state index in [9.17, 15) is 0 Å². The number of pyridine rings is 1. The first-order valence-electron chi connectivity index (χ1n) is 12.1. The van der Waals surface area contributed by atoms with Crippen molar-refractivity contribution in [2.75, 3.05) is 26.2 Å². The largest absolute Gasteiger partial charge is 0.372 e. The highest BCUT2D eigenvalue weighted by molar-refractivity contribution is 6.35. The standard InChI is InChI=1S/C29H31ClN4/c1-4-5-6-20(2)33-13-15-34(16-14-33)21(3)22-7-9-25-26(30)19-28(32-29(25)18-22)23-8-10-27-24(17-23)11-12-31-27/h7-12,17-19,31H,2-6,13-16H2,1H3. The van der Waals surface area contributed by atoms with Crippen molar-refractivity contribution in [2.45, 2.75) is 26.2 Å². The molecule has 174 valence electrons. The second-order valence-electron chi connectivity index (χ2n) is 9.09. The molecule has 0 unspecified atom stereocenters. The highest BCUT2D eigenvalue weighted by Crippen LogP contribution is 2.32. The van der Waals surface area contributed by atoms with E-state index in [1.165, 1.54) is 18.5 Å². The van der Waals surface area contributed by atoms with Crippen molar-refractivity contribution in [1.29, 1.82) is 0 Å². The van der Waals surface area contributed by atoms with Crippen LogP contribution in [0.3, 0.4) is 0 Å². The molecule has 2 aromatic heterocycles. The van der Waals surface area contributed by atoms with Crippen molar-refractivity contribution in [1.82, 2.24) is 19.8 Å². The minimum absolute atomic E-state index is 0.713. The van der Waals surface area contributed by atoms with Gasteiger partial charge in [-0.15, -0.1) is 0 Å². The lowest BCUT2D eigenvalue weighted by molar-refractivity contribution is 0.209. The van der Waals surface area contributed by atoms with Crippen molar-refractivity contribution >= 4 is 39.1 Å². The Kier molecular flexibility index (Phi) is 6.34. The van der Waals surface area contributed by atoms with Gasteiger partial charge in [0.15, 0.2) is 0 Å². The van der Waals surface area contributed by atoms with Crippen LogP contribution in [-0.2, 0) is 0 Å². The lowest BCUT2D eigenvalue weighted by Crippen LogP contribution is -2.44. The van der Waals surface area contributed by atoms with Crippen LogP contribution in [0.15, 0.2) is 73.6 Å². The number of rotatable bonds is 7. The number of aromatic amines is 1. The van der Waals surface area contributed by atoms with Crippen LogP contribution in [0, 0.1) is 0 Å². The van der Waals surface area contributed by atoms with E-state index in [1.807, 2.05) is 12.3 Å². The minimum Gasteiger partial charge on any atom is -0.372 e. The monoisotopic (exact) mass is 470 g/mol. The molecule has 4 nitrogen and oxygen atoms in total. The van der Waals surface area contributed by atoms with Crippen LogP contribution in [0.1, 0.15) is 31.7 Å². The van der Waals surface area contributed by atoms with Crippen LogP contribution >= 0.6 is 11.6 Å². The molecule has 1 fully saturated rings. The third-order valence-electron chi connectivity index (χ3n) is 6.87. The average molecular weight is 471 g/mol. The summed E-state index contributed by atoms with van der Waals surface area (Å²) in [4.78, 5) is 13.0. The van der Waals surface area contributed by atoms with Gasteiger partial charge in [0.2, 0.25) is 0 Å². The van der Waals surface area contributed by atoms with E-state index >= 15 is 0 Å². The first-order valence-corrected chi connectivity index (χ1v) is 12.5. The normalized spacial score (nSPS) is 14.2. The fourth-order valence-corrected chi connectivity index (χ4v) is 5.00. The van der Waals surface area contributed by atoms with Gasteiger partial charge in [-0.25, -0.2) is 4.98 Å². The molecule has 0 radical (unpaired) electrons. The number of H-pyrrole nitrogens is 1. The van der Waals surface area contributed by atoms with Gasteiger partial charge < -0.3 is 14.8 Å². The van der Waals surface area contributed by atoms with E-state index in [0.717, 1.165) is 76.9 Å². The van der Waals surface area contributed by atoms with Gasteiger partial charge >= 0.3 is 0 Å². The molecule has 1 saturated heterocycles. The Morgan fingerprint density at radius 3 is 2.59 bits per heavy atom. The lowest BCUT2D eigenvalue weighted by Gasteiger charge is -2.39. The SMILES string of the molecule is C=C(CCCC)N1CCN(C(=C)c2ccc3c(Cl)cc(-c4ccc5[nH]ccc5c4)nc3c2)CC1. The fraction of sp³-hybridized carbons (Fsp3) is 0.276. The van der Waals surface area contributed by atoms with Crippen molar-refractivity contribution in [3.8, 4) is 11.3 Å². The third kappa shape index (κ3) is 4.43. The molecule has 2 aromatic carbocycles. The molecule has 0 aliphatic carbocycles. The van der Waals surface area contributed by atoms with Crippen LogP contribution in [0.4, 0.5) is 0 Å². The van der Waals surface area contributed by atoms with Gasteiger partial charge in [0.25, 0.3) is 0 Å². The number of aromatic nitrogens is 2. The molecule has 0 saturated carbocycles. The second kappa shape index (κ2) is 9.55. The van der Waals surface area contributed by atoms with Crippen LogP contribution in [-0.4, -0.2) is 45.9 Å². The summed E-state index contributed by atoms with van der Waals surface area (Å²) in [6, 6.07) is 16.6. The van der Waals surface area contributed by atoms with Crippen molar-refractivity contribution in [3.05, 3.63) is 84.2 Å². The van der Waals surface area contributed by atoms with Gasteiger partial charge in [0.1, 0.15) is 0 Å². The summed E-state index contributed by atoms with van der Waals surface area (Å²) in [6.07, 6.45) is 5.46. The number of benzene rings is 2. The van der Waals surface area contributed by atoms with Crippen LogP contribution in [0.5, 0.6) is 0 Å². The molecule has 0 amide bonds. The Hall–Kier alpha value is -3.24. The summed E-state index contributed by atoms with van der Waals surface area (Å²) >= 11 is 6.68. The fourth-order valence-electron chi connectivity index (χ4n) is 4.74. The number of unbranched alkanes of at least 4 members (excludes halogenated alkanes) is 1. The van der Waals surface area contributed by atoms with E-state index in [0.29, 0.717) is 5.02 Å². The van der Waals surface area contributed by atoms with Crippen molar-refractivity contribution < 1.29 is 0 Å². The summed E-state index contributed by atoms with van der Waals surface area (Å²) in [5.74, 6) is 0. The Morgan fingerprint density at radius 1 is 1.00 bits per heavy atom. The quantitative estimate of drug-likeness (QED) is 0.307. The number of nitrogens with zero attached hydrogens (tertiary/aromatic N) is 3. The maximum Gasteiger partial charge on any atom is 0.0731 e. The van der Waals surface area contributed by atoms with Gasteiger partial charge in [-0.05, 0) is 48.7 Å². The van der Waals surface area contributed by atoms with E-state index < -0.39 is 0 Å². The molecule has 1 aliphatic heterocycles. The second-order valence-corrected chi connectivity index (χ2v) is 9.50.